The molecule has 5 aromatic carbocycles. The van der Waals surface area contributed by atoms with Gasteiger partial charge in [0.1, 0.15) is 0 Å². The van der Waals surface area contributed by atoms with E-state index in [1.54, 1.807) is 0 Å². The summed E-state index contributed by atoms with van der Waals surface area (Å²) in [5.74, 6) is 0. The molecule has 0 aliphatic heterocycles. The van der Waals surface area contributed by atoms with Gasteiger partial charge < -0.3 is 0 Å². The highest BCUT2D eigenvalue weighted by molar-refractivity contribution is 7.66. The molecule has 0 spiro atoms. The number of nitrogens with zero attached hydrogens (tertiary/aromatic N) is 1. The van der Waals surface area contributed by atoms with Crippen LogP contribution in [0.3, 0.4) is 0 Å². The molecule has 5 aromatic rings. The van der Waals surface area contributed by atoms with Gasteiger partial charge in [0, 0.05) is 6.54 Å². The zero-order valence-electron chi connectivity index (χ0n) is 24.3. The lowest BCUT2D eigenvalue weighted by Crippen LogP contribution is -2.23. The summed E-state index contributed by atoms with van der Waals surface area (Å²) in [4.78, 5) is 0. The lowest BCUT2D eigenvalue weighted by atomic mass is 10.2. The van der Waals surface area contributed by atoms with Crippen LogP contribution in [-0.4, -0.2) is 4.44 Å². The first-order valence-corrected chi connectivity index (χ1v) is 17.3. The van der Waals surface area contributed by atoms with Crippen molar-refractivity contribution in [3.05, 3.63) is 179 Å². The molecule has 0 aromatic heterocycles. The van der Waals surface area contributed by atoms with Gasteiger partial charge in [-0.3, -0.25) is 18.1 Å². The molecule has 0 saturated carbocycles. The van der Waals surface area contributed by atoms with Crippen LogP contribution in [-0.2, 0) is 60.2 Å². The van der Waals surface area contributed by atoms with E-state index >= 15 is 9.13 Å². The summed E-state index contributed by atoms with van der Waals surface area (Å²) >= 11 is 0. The van der Waals surface area contributed by atoms with Crippen molar-refractivity contribution >= 4 is 15.5 Å². The number of hydrogen-bond donors (Lipinski definition) is 0. The highest BCUT2D eigenvalue weighted by Crippen LogP contribution is 2.70. The molecule has 0 N–H and O–H groups in total. The summed E-state index contributed by atoms with van der Waals surface area (Å²) in [5.41, 5.74) is 3.84. The van der Waals surface area contributed by atoms with Crippen molar-refractivity contribution in [3.8, 4) is 0 Å². The van der Waals surface area contributed by atoms with Crippen LogP contribution in [0.2, 0.25) is 0 Å². The number of rotatable bonds is 16. The van der Waals surface area contributed by atoms with Crippen LogP contribution in [0.5, 0.6) is 0 Å². The van der Waals surface area contributed by atoms with E-state index in [0.29, 0.717) is 0 Å². The van der Waals surface area contributed by atoms with E-state index < -0.39 is 15.5 Å². The molecular formula is C35H35NO6P2. The normalized spacial score (nSPS) is 11.9. The summed E-state index contributed by atoms with van der Waals surface area (Å²) in [6.45, 7) is -0.265. The molecule has 226 valence electrons. The topological polar surface area (TPSA) is 74.3 Å². The molecule has 0 unspecified atom stereocenters. The molecule has 5 rings (SSSR count). The van der Waals surface area contributed by atoms with Crippen molar-refractivity contribution in [2.45, 2.75) is 33.0 Å². The summed E-state index contributed by atoms with van der Waals surface area (Å²) < 4.78 is 55.9. The van der Waals surface area contributed by atoms with Gasteiger partial charge in [0.25, 0.3) is 0 Å². The Balaban J connectivity index is 1.55. The maximum absolute atomic E-state index is 15.1. The molecule has 0 bridgehead atoms. The minimum Gasteiger partial charge on any atom is -0.291 e. The van der Waals surface area contributed by atoms with Crippen molar-refractivity contribution < 1.29 is 27.2 Å². The third-order valence-corrected chi connectivity index (χ3v) is 11.2. The number of benzene rings is 5. The first-order chi connectivity index (χ1) is 21.5. The van der Waals surface area contributed by atoms with Crippen molar-refractivity contribution in [3.63, 3.8) is 0 Å². The van der Waals surface area contributed by atoms with E-state index in [2.05, 4.69) is 0 Å². The highest BCUT2D eigenvalue weighted by atomic mass is 31.3. The minimum atomic E-state index is -4.37. The largest absolute Gasteiger partial charge is 0.418 e. The molecular weight excluding hydrogens is 592 g/mol. The van der Waals surface area contributed by atoms with Gasteiger partial charge in [-0.05, 0) is 27.8 Å². The second kappa shape index (κ2) is 15.9. The zero-order valence-corrected chi connectivity index (χ0v) is 26.0. The van der Waals surface area contributed by atoms with Gasteiger partial charge in [0.05, 0.1) is 26.4 Å². The SMILES string of the molecule is O=P(OCc1ccccc1)(OCc1ccccc1)N(Cc1ccccc1)P(=O)(OCc1ccccc1)OCc1ccccc1. The quantitative estimate of drug-likeness (QED) is 0.101. The van der Waals surface area contributed by atoms with E-state index in [9.17, 15) is 0 Å². The van der Waals surface area contributed by atoms with E-state index in [0.717, 1.165) is 32.3 Å². The summed E-state index contributed by atoms with van der Waals surface area (Å²) in [6.07, 6.45) is 0. The van der Waals surface area contributed by atoms with Crippen LogP contribution in [0.15, 0.2) is 152 Å². The Morgan fingerprint density at radius 2 is 0.591 bits per heavy atom. The number of hydrogen-bond acceptors (Lipinski definition) is 6. The van der Waals surface area contributed by atoms with Gasteiger partial charge in [-0.15, -0.1) is 4.44 Å². The predicted octanol–water partition coefficient (Wildman–Crippen LogP) is 9.57. The molecule has 0 saturated heterocycles. The Kier molecular flexibility index (Phi) is 11.5. The summed E-state index contributed by atoms with van der Waals surface area (Å²) in [5, 5.41) is 0. The molecule has 0 radical (unpaired) electrons. The lowest BCUT2D eigenvalue weighted by Gasteiger charge is -2.34. The third kappa shape index (κ3) is 9.18. The molecule has 44 heavy (non-hydrogen) atoms. The van der Waals surface area contributed by atoms with Gasteiger partial charge in [0.15, 0.2) is 0 Å². The zero-order chi connectivity index (χ0) is 30.5. The molecule has 0 atom stereocenters. The second-order valence-electron chi connectivity index (χ2n) is 9.99. The van der Waals surface area contributed by atoms with Crippen molar-refractivity contribution in [1.29, 1.82) is 0 Å². The first kappa shape index (κ1) is 31.8. The smallest absolute Gasteiger partial charge is 0.291 e. The Labute approximate surface area is 259 Å². The average Bonchev–Trinajstić information content (AvgIpc) is 3.09. The monoisotopic (exact) mass is 627 g/mol. The van der Waals surface area contributed by atoms with Crippen molar-refractivity contribution in [2.75, 3.05) is 0 Å². The fourth-order valence-electron chi connectivity index (χ4n) is 4.32. The average molecular weight is 628 g/mol. The fourth-order valence-corrected chi connectivity index (χ4v) is 8.61. The van der Waals surface area contributed by atoms with Crippen LogP contribution in [0.25, 0.3) is 0 Å². The molecule has 0 amide bonds. The Morgan fingerprint density at radius 1 is 0.364 bits per heavy atom. The van der Waals surface area contributed by atoms with E-state index in [1.807, 2.05) is 152 Å². The molecule has 0 aliphatic rings. The molecule has 0 fully saturated rings. The molecule has 0 aliphatic carbocycles. The molecule has 7 nitrogen and oxygen atoms in total. The van der Waals surface area contributed by atoms with Gasteiger partial charge in [-0.1, -0.05) is 152 Å². The van der Waals surface area contributed by atoms with Crippen LogP contribution in [0.4, 0.5) is 0 Å². The molecule has 0 heterocycles. The summed E-state index contributed by atoms with van der Waals surface area (Å²) in [7, 11) is -8.74. The van der Waals surface area contributed by atoms with Crippen LogP contribution in [0.1, 0.15) is 27.8 Å². The standard InChI is InChI=1S/C35H35NO6P2/c37-43(39-27-32-18-8-2-9-19-32,40-28-33-20-10-3-11-21-33)36(26-31-16-6-1-7-17-31)44(38,41-29-34-22-12-4-13-23-34)42-30-35-24-14-5-15-25-35/h1-25H,26-30H2. The van der Waals surface area contributed by atoms with E-state index in [1.165, 1.54) is 0 Å². The Bertz CT molecular complexity index is 1440. The second-order valence-corrected chi connectivity index (χ2v) is 14.2. The van der Waals surface area contributed by atoms with Crippen LogP contribution < -0.4 is 0 Å². The fraction of sp³-hybridized carbons (Fsp3) is 0.143. The van der Waals surface area contributed by atoms with Crippen molar-refractivity contribution in [1.82, 2.24) is 4.44 Å². The Hall–Kier alpha value is -3.64. The maximum atomic E-state index is 15.1. The minimum absolute atomic E-state index is 0.0461. The first-order valence-electron chi connectivity index (χ1n) is 14.3. The van der Waals surface area contributed by atoms with Crippen LogP contribution >= 0.6 is 15.5 Å². The van der Waals surface area contributed by atoms with Gasteiger partial charge in [0.2, 0.25) is 0 Å². The Morgan fingerprint density at radius 3 is 0.841 bits per heavy atom. The van der Waals surface area contributed by atoms with Gasteiger partial charge in [-0.2, -0.15) is 0 Å². The van der Waals surface area contributed by atoms with E-state index in [4.69, 9.17) is 18.1 Å². The van der Waals surface area contributed by atoms with E-state index in [-0.39, 0.29) is 33.0 Å². The van der Waals surface area contributed by atoms with Crippen LogP contribution in [0, 0.1) is 0 Å². The van der Waals surface area contributed by atoms with Gasteiger partial charge >= 0.3 is 15.5 Å². The van der Waals surface area contributed by atoms with Crippen molar-refractivity contribution in [2.24, 2.45) is 0 Å². The molecule has 9 heteroatoms. The predicted molar refractivity (Wildman–Crippen MR) is 172 cm³/mol. The highest BCUT2D eigenvalue weighted by Gasteiger charge is 2.49. The maximum Gasteiger partial charge on any atom is 0.418 e. The van der Waals surface area contributed by atoms with Gasteiger partial charge in [-0.25, -0.2) is 9.13 Å². The third-order valence-electron chi connectivity index (χ3n) is 6.68. The lowest BCUT2D eigenvalue weighted by molar-refractivity contribution is 0.125. The summed E-state index contributed by atoms with van der Waals surface area (Å²) in [6, 6.07) is 46.7.